The molecule has 2 atom stereocenters. The third-order valence-electron chi connectivity index (χ3n) is 4.91. The highest BCUT2D eigenvalue weighted by atomic mass is 15.2. The zero-order valence-corrected chi connectivity index (χ0v) is 12.0. The van der Waals surface area contributed by atoms with E-state index in [1.807, 2.05) is 0 Å². The molecule has 0 aliphatic carbocycles. The van der Waals surface area contributed by atoms with Crippen LogP contribution in [0.25, 0.3) is 0 Å². The average molecular weight is 238 g/mol. The summed E-state index contributed by atoms with van der Waals surface area (Å²) in [6.45, 7) is 12.3. The fraction of sp³-hybridized carbons (Fsp3) is 1.00. The van der Waals surface area contributed by atoms with Crippen LogP contribution in [0.2, 0.25) is 0 Å². The van der Waals surface area contributed by atoms with Crippen molar-refractivity contribution in [2.24, 2.45) is 11.3 Å². The summed E-state index contributed by atoms with van der Waals surface area (Å²) in [5, 5.41) is 3.63. The van der Waals surface area contributed by atoms with E-state index in [1.165, 1.54) is 58.3 Å². The molecule has 100 valence electrons. The van der Waals surface area contributed by atoms with E-state index in [-0.39, 0.29) is 0 Å². The second-order valence-corrected chi connectivity index (χ2v) is 6.57. The van der Waals surface area contributed by atoms with Gasteiger partial charge in [-0.1, -0.05) is 20.8 Å². The topological polar surface area (TPSA) is 15.3 Å². The highest BCUT2D eigenvalue weighted by Gasteiger charge is 2.38. The molecule has 0 aromatic rings. The van der Waals surface area contributed by atoms with Crippen LogP contribution in [0.4, 0.5) is 0 Å². The minimum Gasteiger partial charge on any atom is -0.316 e. The van der Waals surface area contributed by atoms with Crippen molar-refractivity contribution in [3.8, 4) is 0 Å². The first-order valence-electron chi connectivity index (χ1n) is 7.62. The SMILES string of the molecule is CCC(C(C)C)N1CCCC2(CCCNC2)C1. The number of nitrogens with one attached hydrogen (secondary N) is 1. The van der Waals surface area contributed by atoms with Crippen molar-refractivity contribution >= 4 is 0 Å². The predicted molar refractivity (Wildman–Crippen MR) is 74.3 cm³/mol. The molecule has 2 heteroatoms. The predicted octanol–water partition coefficient (Wildman–Crippen LogP) is 2.89. The minimum atomic E-state index is 0.610. The van der Waals surface area contributed by atoms with Crippen LogP contribution in [0.1, 0.15) is 52.9 Å². The second-order valence-electron chi connectivity index (χ2n) is 6.57. The maximum Gasteiger partial charge on any atom is 0.0116 e. The fourth-order valence-electron chi connectivity index (χ4n) is 4.06. The molecule has 0 radical (unpaired) electrons. The Morgan fingerprint density at radius 2 is 2.00 bits per heavy atom. The van der Waals surface area contributed by atoms with Crippen molar-refractivity contribution in [3.05, 3.63) is 0 Å². The van der Waals surface area contributed by atoms with E-state index in [1.54, 1.807) is 0 Å². The number of likely N-dealkylation sites (tertiary alicyclic amines) is 1. The van der Waals surface area contributed by atoms with E-state index in [0.29, 0.717) is 5.41 Å². The maximum absolute atomic E-state index is 3.63. The second kappa shape index (κ2) is 5.71. The summed E-state index contributed by atoms with van der Waals surface area (Å²) >= 11 is 0. The first-order chi connectivity index (χ1) is 8.17. The monoisotopic (exact) mass is 238 g/mol. The molecule has 0 bridgehead atoms. The van der Waals surface area contributed by atoms with Crippen LogP contribution in [-0.4, -0.2) is 37.1 Å². The number of nitrogens with zero attached hydrogens (tertiary/aromatic N) is 1. The summed E-state index contributed by atoms with van der Waals surface area (Å²) < 4.78 is 0. The molecule has 2 aliphatic rings. The zero-order chi connectivity index (χ0) is 12.3. The Bertz CT molecular complexity index is 226. The lowest BCUT2D eigenvalue weighted by molar-refractivity contribution is 0.0227. The van der Waals surface area contributed by atoms with Gasteiger partial charge in [0.1, 0.15) is 0 Å². The Hall–Kier alpha value is -0.0800. The van der Waals surface area contributed by atoms with Crippen LogP contribution in [0.5, 0.6) is 0 Å². The molecule has 0 aromatic heterocycles. The Morgan fingerprint density at radius 3 is 2.59 bits per heavy atom. The summed E-state index contributed by atoms with van der Waals surface area (Å²) in [7, 11) is 0. The van der Waals surface area contributed by atoms with Gasteiger partial charge in [0.05, 0.1) is 0 Å². The van der Waals surface area contributed by atoms with Crippen molar-refractivity contribution in [3.63, 3.8) is 0 Å². The molecular weight excluding hydrogens is 208 g/mol. The molecule has 2 nitrogen and oxygen atoms in total. The van der Waals surface area contributed by atoms with Gasteiger partial charge in [-0.2, -0.15) is 0 Å². The third kappa shape index (κ3) is 3.03. The van der Waals surface area contributed by atoms with Crippen LogP contribution in [0.15, 0.2) is 0 Å². The van der Waals surface area contributed by atoms with Gasteiger partial charge in [-0.3, -0.25) is 4.90 Å². The van der Waals surface area contributed by atoms with Gasteiger partial charge in [-0.25, -0.2) is 0 Å². The normalized spacial score (nSPS) is 33.2. The van der Waals surface area contributed by atoms with Crippen molar-refractivity contribution in [1.29, 1.82) is 0 Å². The smallest absolute Gasteiger partial charge is 0.0116 e. The first kappa shape index (κ1) is 13.4. The Balaban J connectivity index is 2.00. The highest BCUT2D eigenvalue weighted by molar-refractivity contribution is 4.93. The van der Waals surface area contributed by atoms with Crippen LogP contribution >= 0.6 is 0 Å². The van der Waals surface area contributed by atoms with Crippen molar-refractivity contribution in [2.45, 2.75) is 58.9 Å². The van der Waals surface area contributed by atoms with Crippen molar-refractivity contribution < 1.29 is 0 Å². The summed E-state index contributed by atoms with van der Waals surface area (Å²) in [6, 6.07) is 0.800. The fourth-order valence-corrected chi connectivity index (χ4v) is 4.06. The molecule has 2 unspecified atom stereocenters. The standard InChI is InChI=1S/C15H30N2/c1-4-14(13(2)3)17-10-6-8-15(12-17)7-5-9-16-11-15/h13-14,16H,4-12H2,1-3H3. The Labute approximate surface area is 107 Å². The molecule has 2 heterocycles. The first-order valence-corrected chi connectivity index (χ1v) is 7.62. The van der Waals surface area contributed by atoms with Crippen LogP contribution in [0.3, 0.4) is 0 Å². The largest absolute Gasteiger partial charge is 0.316 e. The van der Waals surface area contributed by atoms with Gasteiger partial charge in [-0.05, 0) is 56.5 Å². The minimum absolute atomic E-state index is 0.610. The molecule has 2 saturated heterocycles. The average Bonchev–Trinajstić information content (AvgIpc) is 2.30. The molecule has 2 aliphatic heterocycles. The molecule has 2 rings (SSSR count). The Kier molecular flexibility index (Phi) is 4.48. The highest BCUT2D eigenvalue weighted by Crippen LogP contribution is 2.37. The maximum atomic E-state index is 3.63. The van der Waals surface area contributed by atoms with E-state index in [2.05, 4.69) is 31.0 Å². The summed E-state index contributed by atoms with van der Waals surface area (Å²) in [5.74, 6) is 0.798. The van der Waals surface area contributed by atoms with Gasteiger partial charge in [-0.15, -0.1) is 0 Å². The summed E-state index contributed by atoms with van der Waals surface area (Å²) in [4.78, 5) is 2.79. The van der Waals surface area contributed by atoms with E-state index < -0.39 is 0 Å². The lowest BCUT2D eigenvalue weighted by atomic mass is 9.73. The van der Waals surface area contributed by atoms with Crippen LogP contribution < -0.4 is 5.32 Å². The van der Waals surface area contributed by atoms with E-state index in [4.69, 9.17) is 0 Å². The molecule has 0 saturated carbocycles. The number of hydrogen-bond donors (Lipinski definition) is 1. The van der Waals surface area contributed by atoms with Gasteiger partial charge >= 0.3 is 0 Å². The summed E-state index contributed by atoms with van der Waals surface area (Å²) in [6.07, 6.45) is 6.99. The van der Waals surface area contributed by atoms with Gasteiger partial charge in [0.25, 0.3) is 0 Å². The van der Waals surface area contributed by atoms with Gasteiger partial charge < -0.3 is 5.32 Å². The number of hydrogen-bond acceptors (Lipinski definition) is 2. The number of piperidine rings is 2. The molecule has 0 amide bonds. The third-order valence-corrected chi connectivity index (χ3v) is 4.91. The lowest BCUT2D eigenvalue weighted by Crippen LogP contribution is -2.54. The molecule has 1 N–H and O–H groups in total. The molecule has 0 aromatic carbocycles. The van der Waals surface area contributed by atoms with Crippen molar-refractivity contribution in [2.75, 3.05) is 26.2 Å². The molecular formula is C15H30N2. The number of rotatable bonds is 3. The van der Waals surface area contributed by atoms with E-state index >= 15 is 0 Å². The quantitative estimate of drug-likeness (QED) is 0.813. The van der Waals surface area contributed by atoms with Gasteiger partial charge in [0.15, 0.2) is 0 Å². The molecule has 1 spiro atoms. The van der Waals surface area contributed by atoms with Gasteiger partial charge in [0, 0.05) is 19.1 Å². The van der Waals surface area contributed by atoms with E-state index in [9.17, 15) is 0 Å². The molecule has 17 heavy (non-hydrogen) atoms. The molecule has 2 fully saturated rings. The van der Waals surface area contributed by atoms with Crippen LogP contribution in [-0.2, 0) is 0 Å². The van der Waals surface area contributed by atoms with Crippen LogP contribution in [0, 0.1) is 11.3 Å². The van der Waals surface area contributed by atoms with Gasteiger partial charge in [0.2, 0.25) is 0 Å². The summed E-state index contributed by atoms with van der Waals surface area (Å²) in [5.41, 5.74) is 0.610. The zero-order valence-electron chi connectivity index (χ0n) is 12.0. The lowest BCUT2D eigenvalue weighted by Gasteiger charge is -2.48. The van der Waals surface area contributed by atoms with Crippen molar-refractivity contribution in [1.82, 2.24) is 10.2 Å². The van der Waals surface area contributed by atoms with E-state index in [0.717, 1.165) is 12.0 Å². The Morgan fingerprint density at radius 1 is 1.24 bits per heavy atom.